The summed E-state index contributed by atoms with van der Waals surface area (Å²) in [6.45, 7) is 1.99. The van der Waals surface area contributed by atoms with Gasteiger partial charge < -0.3 is 15.4 Å². The van der Waals surface area contributed by atoms with E-state index in [0.29, 0.717) is 23.4 Å². The van der Waals surface area contributed by atoms with Crippen molar-refractivity contribution in [2.45, 2.75) is 22.9 Å². The van der Waals surface area contributed by atoms with Crippen LogP contribution in [-0.4, -0.2) is 29.2 Å². The van der Waals surface area contributed by atoms with Gasteiger partial charge in [0.2, 0.25) is 5.91 Å². The number of amides is 2. The van der Waals surface area contributed by atoms with Crippen molar-refractivity contribution < 1.29 is 14.3 Å². The third-order valence-electron chi connectivity index (χ3n) is 5.00. The summed E-state index contributed by atoms with van der Waals surface area (Å²) < 4.78 is 7.85. The first kappa shape index (κ1) is 24.3. The first-order valence-corrected chi connectivity index (χ1v) is 13.0. The first-order chi connectivity index (χ1) is 16.4. The lowest BCUT2D eigenvalue weighted by molar-refractivity contribution is -0.115. The van der Waals surface area contributed by atoms with Gasteiger partial charge in [-0.15, -0.1) is 11.3 Å². The van der Waals surface area contributed by atoms with Crippen LogP contribution in [0.4, 0.5) is 11.4 Å². The van der Waals surface area contributed by atoms with Crippen molar-refractivity contribution in [1.29, 1.82) is 0 Å². The van der Waals surface area contributed by atoms with Gasteiger partial charge in [0, 0.05) is 21.4 Å². The van der Waals surface area contributed by atoms with Gasteiger partial charge in [-0.1, -0.05) is 34.6 Å². The van der Waals surface area contributed by atoms with Crippen LogP contribution >= 0.6 is 39.0 Å². The Morgan fingerprint density at radius 1 is 1.03 bits per heavy atom. The molecule has 0 bridgehead atoms. The molecule has 1 atom stereocenters. The van der Waals surface area contributed by atoms with Gasteiger partial charge in [0.15, 0.2) is 4.34 Å². The number of carbonyl (C=O) groups is 2. The Labute approximate surface area is 214 Å². The molecule has 3 aromatic carbocycles. The topological polar surface area (TPSA) is 80.3 Å². The highest BCUT2D eigenvalue weighted by Gasteiger charge is 2.20. The molecule has 0 fully saturated rings. The van der Waals surface area contributed by atoms with Gasteiger partial charge in [-0.05, 0) is 73.2 Å². The number of halogens is 1. The first-order valence-electron chi connectivity index (χ1n) is 10.5. The van der Waals surface area contributed by atoms with E-state index in [1.54, 1.807) is 31.4 Å². The number of nitrogens with one attached hydrogen (secondary N) is 2. The Balaban J connectivity index is 1.43. The van der Waals surface area contributed by atoms with E-state index >= 15 is 0 Å². The minimum Gasteiger partial charge on any atom is -0.497 e. The van der Waals surface area contributed by atoms with Crippen LogP contribution in [0.1, 0.15) is 23.7 Å². The largest absolute Gasteiger partial charge is 0.497 e. The van der Waals surface area contributed by atoms with Crippen molar-refractivity contribution in [2.75, 3.05) is 17.7 Å². The second kappa shape index (κ2) is 11.0. The highest BCUT2D eigenvalue weighted by atomic mass is 79.9. The number of hydrogen-bond acceptors (Lipinski definition) is 6. The maximum absolute atomic E-state index is 12.8. The van der Waals surface area contributed by atoms with Crippen molar-refractivity contribution in [2.24, 2.45) is 0 Å². The minimum absolute atomic E-state index is 0.0541. The van der Waals surface area contributed by atoms with E-state index in [1.165, 1.54) is 23.1 Å². The second-order valence-electron chi connectivity index (χ2n) is 7.36. The number of anilines is 2. The number of fused-ring (bicyclic) bond motifs is 1. The number of ether oxygens (including phenoxy) is 1. The Kier molecular flexibility index (Phi) is 7.87. The van der Waals surface area contributed by atoms with Gasteiger partial charge in [0.1, 0.15) is 5.75 Å². The van der Waals surface area contributed by atoms with Crippen molar-refractivity contribution in [3.8, 4) is 5.75 Å². The number of methoxy groups -OCH3 is 1. The fourth-order valence-electron chi connectivity index (χ4n) is 3.18. The lowest BCUT2D eigenvalue weighted by Gasteiger charge is -2.13. The monoisotopic (exact) mass is 555 g/mol. The molecule has 0 aliphatic rings. The molecule has 2 N–H and O–H groups in total. The van der Waals surface area contributed by atoms with Crippen LogP contribution in [0.5, 0.6) is 5.75 Å². The molecule has 0 saturated heterocycles. The zero-order valence-electron chi connectivity index (χ0n) is 18.5. The van der Waals surface area contributed by atoms with E-state index in [2.05, 4.69) is 31.5 Å². The summed E-state index contributed by atoms with van der Waals surface area (Å²) in [4.78, 5) is 30.0. The van der Waals surface area contributed by atoms with Gasteiger partial charge in [-0.3, -0.25) is 9.59 Å². The highest BCUT2D eigenvalue weighted by Crippen LogP contribution is 2.35. The van der Waals surface area contributed by atoms with Crippen molar-refractivity contribution in [1.82, 2.24) is 4.98 Å². The average Bonchev–Trinajstić information content (AvgIpc) is 3.25. The third-order valence-corrected chi connectivity index (χ3v) is 8.00. The molecule has 0 unspecified atom stereocenters. The average molecular weight is 557 g/mol. The number of hydrogen-bond donors (Lipinski definition) is 2. The molecule has 0 radical (unpaired) electrons. The molecular weight excluding hydrogens is 534 g/mol. The van der Waals surface area contributed by atoms with Crippen LogP contribution in [0.15, 0.2) is 75.5 Å². The van der Waals surface area contributed by atoms with Crippen molar-refractivity contribution in [3.63, 3.8) is 0 Å². The SMILES string of the molecule is CC[C@H](Sc1nc2ccc(NC(=O)c3ccc(OC)cc3)cc2s1)C(=O)Nc1ccc(Br)cc1. The summed E-state index contributed by atoms with van der Waals surface area (Å²) in [7, 11) is 1.59. The molecule has 0 aliphatic carbocycles. The highest BCUT2D eigenvalue weighted by molar-refractivity contribution is 9.10. The van der Waals surface area contributed by atoms with Crippen molar-refractivity contribution >= 4 is 72.4 Å². The number of nitrogens with zero attached hydrogens (tertiary/aromatic N) is 1. The fraction of sp³-hybridized carbons (Fsp3) is 0.160. The Morgan fingerprint density at radius 2 is 1.74 bits per heavy atom. The van der Waals surface area contributed by atoms with Crippen LogP contribution in [0.25, 0.3) is 10.2 Å². The molecule has 2 amide bonds. The predicted molar refractivity (Wildman–Crippen MR) is 143 cm³/mol. The lowest BCUT2D eigenvalue weighted by atomic mass is 10.2. The van der Waals surface area contributed by atoms with E-state index in [1.807, 2.05) is 49.4 Å². The van der Waals surface area contributed by atoms with Crippen LogP contribution in [0.2, 0.25) is 0 Å². The second-order valence-corrected chi connectivity index (χ2v) is 10.8. The molecule has 0 saturated carbocycles. The maximum atomic E-state index is 12.8. The maximum Gasteiger partial charge on any atom is 0.255 e. The molecule has 4 rings (SSSR count). The molecule has 1 aromatic heterocycles. The predicted octanol–water partition coefficient (Wildman–Crippen LogP) is 6.83. The number of thioether (sulfide) groups is 1. The molecule has 4 aromatic rings. The molecule has 1 heterocycles. The number of carbonyl (C=O) groups excluding carboxylic acids is 2. The summed E-state index contributed by atoms with van der Waals surface area (Å²) in [6, 6.07) is 20.1. The number of rotatable bonds is 8. The molecule has 174 valence electrons. The van der Waals surface area contributed by atoms with Crippen LogP contribution in [0, 0.1) is 0 Å². The Hall–Kier alpha value is -2.88. The molecule has 6 nitrogen and oxygen atoms in total. The van der Waals surface area contributed by atoms with Crippen LogP contribution in [0.3, 0.4) is 0 Å². The van der Waals surface area contributed by atoms with Gasteiger partial charge in [-0.2, -0.15) is 0 Å². The smallest absolute Gasteiger partial charge is 0.255 e. The fourth-order valence-corrected chi connectivity index (χ4v) is 5.72. The summed E-state index contributed by atoms with van der Waals surface area (Å²) in [5.74, 6) is 0.446. The quantitative estimate of drug-likeness (QED) is 0.233. The minimum atomic E-state index is -0.265. The molecule has 34 heavy (non-hydrogen) atoms. The number of thiazole rings is 1. The summed E-state index contributed by atoms with van der Waals surface area (Å²) >= 11 is 6.36. The van der Waals surface area contributed by atoms with Crippen molar-refractivity contribution in [3.05, 3.63) is 76.8 Å². The summed E-state index contributed by atoms with van der Waals surface area (Å²) in [5, 5.41) is 5.63. The molecular formula is C25H22BrN3O3S2. The molecule has 0 aliphatic heterocycles. The van der Waals surface area contributed by atoms with E-state index in [0.717, 1.165) is 24.7 Å². The van der Waals surface area contributed by atoms with E-state index in [9.17, 15) is 9.59 Å². The zero-order valence-corrected chi connectivity index (χ0v) is 21.7. The number of benzene rings is 3. The van der Waals surface area contributed by atoms with Gasteiger partial charge in [0.05, 0.1) is 22.6 Å². The third kappa shape index (κ3) is 5.97. The molecule has 9 heteroatoms. The van der Waals surface area contributed by atoms with E-state index in [-0.39, 0.29) is 17.1 Å². The number of aromatic nitrogens is 1. The Bertz CT molecular complexity index is 1310. The van der Waals surface area contributed by atoms with Gasteiger partial charge in [0.25, 0.3) is 5.91 Å². The van der Waals surface area contributed by atoms with Crippen LogP contribution in [-0.2, 0) is 4.79 Å². The zero-order chi connectivity index (χ0) is 24.1. The standard InChI is InChI=1S/C25H22BrN3O3S2/c1-3-21(24(31)27-17-8-6-16(26)7-9-17)33-25-29-20-13-10-18(14-22(20)34-25)28-23(30)15-4-11-19(32-2)12-5-15/h4-14,21H,3H2,1-2H3,(H,27,31)(H,28,30)/t21-/m0/s1. The normalized spacial score (nSPS) is 11.7. The van der Waals surface area contributed by atoms with Crippen LogP contribution < -0.4 is 15.4 Å². The van der Waals surface area contributed by atoms with E-state index in [4.69, 9.17) is 4.74 Å². The Morgan fingerprint density at radius 3 is 2.41 bits per heavy atom. The summed E-state index contributed by atoms with van der Waals surface area (Å²) in [6.07, 6.45) is 0.673. The molecule has 0 spiro atoms. The lowest BCUT2D eigenvalue weighted by Crippen LogP contribution is -2.24. The van der Waals surface area contributed by atoms with E-state index < -0.39 is 0 Å². The van der Waals surface area contributed by atoms with Gasteiger partial charge >= 0.3 is 0 Å². The van der Waals surface area contributed by atoms with Gasteiger partial charge in [-0.25, -0.2) is 4.98 Å². The summed E-state index contributed by atoms with van der Waals surface area (Å²) in [5.41, 5.74) is 2.82.